The average Bonchev–Trinajstić information content (AvgIpc) is 2.15. The lowest BCUT2D eigenvalue weighted by atomic mass is 11.0. The van der Waals surface area contributed by atoms with Crippen LogP contribution in [0.3, 0.4) is 0 Å². The maximum absolute atomic E-state index is 9.63. The van der Waals surface area contributed by atoms with Gasteiger partial charge in [0.1, 0.15) is 11.8 Å². The molecule has 0 amide bonds. The van der Waals surface area contributed by atoms with Crippen LogP contribution < -0.4 is 5.32 Å². The first-order valence-corrected chi connectivity index (χ1v) is 2.13. The van der Waals surface area contributed by atoms with Crippen LogP contribution in [0.25, 0.3) is 0 Å². The van der Waals surface area contributed by atoms with Crippen LogP contribution in [0.4, 0.5) is 0 Å². The molecule has 1 N–H and O–H groups in total. The van der Waals surface area contributed by atoms with Crippen molar-refractivity contribution in [2.45, 2.75) is 0 Å². The molecule has 0 aliphatic carbocycles. The minimum atomic E-state index is -0.827. The van der Waals surface area contributed by atoms with E-state index in [2.05, 4.69) is 20.6 Å². The Hall–Kier alpha value is -1.53. The molecule has 1 aliphatic rings. The first-order chi connectivity index (χ1) is 4.29. The highest BCUT2D eigenvalue weighted by atomic mass is 16.7. The van der Waals surface area contributed by atoms with Gasteiger partial charge in [-0.3, -0.25) is 0 Å². The maximum atomic E-state index is 9.63. The summed E-state index contributed by atoms with van der Waals surface area (Å²) in [5.41, 5.74) is 0. The van der Waals surface area contributed by atoms with Crippen LogP contribution in [-0.4, -0.2) is 17.7 Å². The molecule has 0 fully saturated rings. The molecular weight excluding hydrogens is 126 g/mol. The van der Waals surface area contributed by atoms with Crippen molar-refractivity contribution in [3.63, 3.8) is 0 Å². The average molecular weight is 129 g/mol. The monoisotopic (exact) mass is 129 g/mol. The zero-order chi connectivity index (χ0) is 6.69. The van der Waals surface area contributed by atoms with Gasteiger partial charge in [-0.25, -0.2) is 10.1 Å². The van der Waals surface area contributed by atoms with Crippen LogP contribution in [0.1, 0.15) is 0 Å². The molecule has 1 rings (SSSR count). The van der Waals surface area contributed by atoms with Crippen LogP contribution in [0.5, 0.6) is 0 Å². The minimum absolute atomic E-state index is 0.0417. The van der Waals surface area contributed by atoms with Gasteiger partial charge in [-0.15, -0.1) is 5.11 Å². The van der Waals surface area contributed by atoms with E-state index in [0.29, 0.717) is 0 Å². The molecule has 0 saturated carbocycles. The Bertz CT molecular complexity index is 183. The van der Waals surface area contributed by atoms with Crippen molar-refractivity contribution >= 4 is 5.96 Å². The number of nitrogens with zero attached hydrogens (tertiary/aromatic N) is 4. The second-order valence-electron chi connectivity index (χ2n) is 1.24. The van der Waals surface area contributed by atoms with E-state index in [1.54, 1.807) is 0 Å². The maximum Gasteiger partial charge on any atom is 0.314 e. The van der Waals surface area contributed by atoms with Gasteiger partial charge in [0.2, 0.25) is 0 Å². The van der Waals surface area contributed by atoms with Gasteiger partial charge in [-0.05, 0) is 0 Å². The molecular formula is C2H3N5O2. The lowest BCUT2D eigenvalue weighted by Crippen LogP contribution is -2.16. The van der Waals surface area contributed by atoms with Gasteiger partial charge in [-0.1, -0.05) is 0 Å². The molecule has 0 bridgehead atoms. The molecule has 9 heavy (non-hydrogen) atoms. The highest BCUT2D eigenvalue weighted by Gasteiger charge is 2.05. The number of hydrogen-bond acceptors (Lipinski definition) is 3. The number of hydrogen-bond donors (Lipinski definition) is 1. The highest BCUT2D eigenvalue weighted by Crippen LogP contribution is 1.87. The molecule has 0 aromatic rings. The molecule has 0 atom stereocenters. The molecule has 7 nitrogen and oxygen atoms in total. The smallest absolute Gasteiger partial charge is 0.314 e. The van der Waals surface area contributed by atoms with E-state index in [1.807, 2.05) is 0 Å². The van der Waals surface area contributed by atoms with Gasteiger partial charge >= 0.3 is 5.96 Å². The number of azo groups is 1. The summed E-state index contributed by atoms with van der Waals surface area (Å²) >= 11 is 0. The van der Waals surface area contributed by atoms with Crippen molar-refractivity contribution in [3.05, 3.63) is 10.1 Å². The van der Waals surface area contributed by atoms with Crippen LogP contribution in [0.15, 0.2) is 15.3 Å². The Morgan fingerprint density at radius 1 is 1.89 bits per heavy atom. The third-order valence-electron chi connectivity index (χ3n) is 0.650. The Kier molecular flexibility index (Phi) is 1.34. The van der Waals surface area contributed by atoms with E-state index >= 15 is 0 Å². The van der Waals surface area contributed by atoms with Crippen molar-refractivity contribution in [1.29, 1.82) is 0 Å². The van der Waals surface area contributed by atoms with Crippen molar-refractivity contribution in [3.8, 4) is 0 Å². The Morgan fingerprint density at radius 2 is 2.67 bits per heavy atom. The van der Waals surface area contributed by atoms with E-state index < -0.39 is 5.03 Å². The van der Waals surface area contributed by atoms with Gasteiger partial charge in [0.05, 0.1) is 0 Å². The number of nitro groups is 1. The Morgan fingerprint density at radius 3 is 3.11 bits per heavy atom. The fourth-order valence-electron chi connectivity index (χ4n) is 0.376. The van der Waals surface area contributed by atoms with Crippen LogP contribution in [-0.2, 0) is 0 Å². The largest absolute Gasteiger partial charge is 0.327 e. The Labute approximate surface area is 49.6 Å². The fraction of sp³-hybridized carbons (Fsp3) is 0.500. The molecule has 0 radical (unpaired) electrons. The van der Waals surface area contributed by atoms with Crippen molar-refractivity contribution in [2.75, 3.05) is 6.67 Å². The van der Waals surface area contributed by atoms with Gasteiger partial charge in [0.15, 0.2) is 5.03 Å². The third kappa shape index (κ3) is 1.44. The summed E-state index contributed by atoms with van der Waals surface area (Å²) in [7, 11) is 0. The summed E-state index contributed by atoms with van der Waals surface area (Å²) in [6, 6.07) is 0. The first-order valence-electron chi connectivity index (χ1n) is 2.13. The van der Waals surface area contributed by atoms with Crippen molar-refractivity contribution < 1.29 is 5.03 Å². The number of rotatable bonds is 1. The van der Waals surface area contributed by atoms with E-state index in [-0.39, 0.29) is 12.6 Å². The minimum Gasteiger partial charge on any atom is -0.327 e. The first kappa shape index (κ1) is 5.60. The van der Waals surface area contributed by atoms with E-state index in [0.717, 1.165) is 0 Å². The molecule has 0 saturated heterocycles. The molecule has 1 heterocycles. The molecule has 48 valence electrons. The van der Waals surface area contributed by atoms with Gasteiger partial charge in [0.25, 0.3) is 0 Å². The van der Waals surface area contributed by atoms with Gasteiger partial charge in [0, 0.05) is 0 Å². The summed E-state index contributed by atoms with van der Waals surface area (Å²) < 4.78 is 0. The summed E-state index contributed by atoms with van der Waals surface area (Å²) in [6.45, 7) is 0.271. The van der Waals surface area contributed by atoms with Crippen LogP contribution in [0, 0.1) is 10.1 Å². The van der Waals surface area contributed by atoms with Gasteiger partial charge < -0.3 is 5.32 Å². The number of nitrogens with one attached hydrogen (secondary N) is 1. The predicted octanol–water partition coefficient (Wildman–Crippen LogP) is -0.453. The van der Waals surface area contributed by atoms with Crippen molar-refractivity contribution in [2.24, 2.45) is 15.3 Å². The molecule has 7 heteroatoms. The Balaban J connectivity index is 2.61. The van der Waals surface area contributed by atoms with E-state index in [9.17, 15) is 10.1 Å². The molecule has 0 aromatic heterocycles. The zero-order valence-corrected chi connectivity index (χ0v) is 4.31. The van der Waals surface area contributed by atoms with Gasteiger partial charge in [-0.2, -0.15) is 5.11 Å². The van der Waals surface area contributed by atoms with E-state index in [1.165, 1.54) is 0 Å². The lowest BCUT2D eigenvalue weighted by molar-refractivity contribution is -0.485. The quantitative estimate of drug-likeness (QED) is 0.383. The standard InChI is InChI=1S/C2H3N5O2/c8-7(9)6-2-3-1-4-5-2/h1H2,(H,3,6). The molecule has 0 spiro atoms. The zero-order valence-electron chi connectivity index (χ0n) is 4.31. The SMILES string of the molecule is O=[N+]([O-])N=C1N=NCN1. The second-order valence-corrected chi connectivity index (χ2v) is 1.24. The molecule has 1 aliphatic heterocycles. The summed E-state index contributed by atoms with van der Waals surface area (Å²) in [4.78, 5) is 9.63. The van der Waals surface area contributed by atoms with E-state index in [4.69, 9.17) is 0 Å². The fourth-order valence-corrected chi connectivity index (χ4v) is 0.376. The summed E-state index contributed by atoms with van der Waals surface area (Å²) in [5, 5.41) is 20.8. The summed E-state index contributed by atoms with van der Waals surface area (Å²) in [6.07, 6.45) is 0. The topological polar surface area (TPSA) is 92.2 Å². The second kappa shape index (κ2) is 2.16. The van der Waals surface area contributed by atoms with Crippen LogP contribution >= 0.6 is 0 Å². The lowest BCUT2D eigenvalue weighted by Gasteiger charge is -1.82. The summed E-state index contributed by atoms with van der Waals surface area (Å²) in [5.74, 6) is -0.0417. The normalized spacial score (nSPS) is 20.2. The predicted molar refractivity (Wildman–Crippen MR) is 27.3 cm³/mol. The third-order valence-corrected chi connectivity index (χ3v) is 0.650. The molecule has 0 aromatic carbocycles. The molecule has 0 unspecified atom stereocenters. The van der Waals surface area contributed by atoms with Crippen molar-refractivity contribution in [1.82, 2.24) is 5.32 Å². The highest BCUT2D eigenvalue weighted by molar-refractivity contribution is 5.80. The number of hydrazone groups is 1. The van der Waals surface area contributed by atoms with Crippen LogP contribution in [0.2, 0.25) is 0 Å². The number of guanidine groups is 1.